The van der Waals surface area contributed by atoms with Gasteiger partial charge in [0, 0.05) is 26.4 Å². The monoisotopic (exact) mass is 345 g/mol. The number of likely N-dealkylation sites (N-methyl/N-ethyl adjacent to an activating group) is 1. The second kappa shape index (κ2) is 6.46. The third-order valence-electron chi connectivity index (χ3n) is 4.14. The lowest BCUT2D eigenvalue weighted by molar-refractivity contribution is 0.0973. The molecule has 0 atom stereocenters. The van der Waals surface area contributed by atoms with Crippen LogP contribution >= 0.6 is 0 Å². The van der Waals surface area contributed by atoms with Gasteiger partial charge in [0.05, 0.1) is 0 Å². The van der Waals surface area contributed by atoms with Crippen molar-refractivity contribution in [3.05, 3.63) is 57.5 Å². The molecule has 1 N–H and O–H groups in total. The van der Waals surface area contributed by atoms with Crippen molar-refractivity contribution in [3.8, 4) is 5.75 Å². The summed E-state index contributed by atoms with van der Waals surface area (Å²) in [5.74, 6) is -1.53. The smallest absolute Gasteiger partial charge is 0.332 e. The van der Waals surface area contributed by atoms with Gasteiger partial charge in [-0.2, -0.15) is 0 Å². The van der Waals surface area contributed by atoms with Crippen molar-refractivity contribution in [1.82, 2.24) is 14.5 Å². The van der Waals surface area contributed by atoms with Crippen LogP contribution in [0.1, 0.15) is 28.3 Å². The molecule has 0 fully saturated rings. The Balaban J connectivity index is 1.86. The summed E-state index contributed by atoms with van der Waals surface area (Å²) < 4.78 is 13.7. The van der Waals surface area contributed by atoms with Crippen LogP contribution in [0.25, 0.3) is 0 Å². The highest BCUT2D eigenvalue weighted by Gasteiger charge is 2.28. The minimum atomic E-state index is -0.938. The van der Waals surface area contributed by atoms with Gasteiger partial charge in [-0.1, -0.05) is 12.1 Å². The van der Waals surface area contributed by atoms with E-state index in [2.05, 4.69) is 4.98 Å². The first-order valence-corrected chi connectivity index (χ1v) is 7.76. The van der Waals surface area contributed by atoms with Gasteiger partial charge in [0.1, 0.15) is 11.6 Å². The molecule has 0 bridgehead atoms. The Morgan fingerprint density at radius 2 is 1.96 bits per heavy atom. The summed E-state index contributed by atoms with van der Waals surface area (Å²) in [5, 5.41) is 10.0. The second-order valence-corrected chi connectivity index (χ2v) is 5.87. The van der Waals surface area contributed by atoms with Gasteiger partial charge in [0.25, 0.3) is 0 Å². The molecule has 2 aromatic rings. The normalized spacial score (nSPS) is 13.7. The van der Waals surface area contributed by atoms with Crippen LogP contribution in [0.15, 0.2) is 29.1 Å². The van der Waals surface area contributed by atoms with Gasteiger partial charge < -0.3 is 10.0 Å². The van der Waals surface area contributed by atoms with E-state index in [9.17, 15) is 23.9 Å². The van der Waals surface area contributed by atoms with Crippen molar-refractivity contribution < 1.29 is 19.1 Å². The first-order valence-electron chi connectivity index (χ1n) is 7.76. The number of nitrogens with zero attached hydrogens (tertiary/aromatic N) is 3. The number of aromatic nitrogens is 2. The molecule has 0 aliphatic carbocycles. The minimum Gasteiger partial charge on any atom is -0.501 e. The summed E-state index contributed by atoms with van der Waals surface area (Å²) in [6.45, 7) is 0.374. The lowest BCUT2D eigenvalue weighted by atomic mass is 10.1. The summed E-state index contributed by atoms with van der Waals surface area (Å²) in [5.41, 5.74) is -0.511. The van der Waals surface area contributed by atoms with Crippen LogP contribution in [0.4, 0.5) is 9.18 Å². The van der Waals surface area contributed by atoms with E-state index in [4.69, 9.17) is 0 Å². The van der Waals surface area contributed by atoms with E-state index >= 15 is 0 Å². The van der Waals surface area contributed by atoms with Gasteiger partial charge in [-0.05, 0) is 24.1 Å². The Morgan fingerprint density at radius 3 is 2.64 bits per heavy atom. The third-order valence-corrected chi connectivity index (χ3v) is 4.14. The zero-order chi connectivity index (χ0) is 18.1. The molecule has 3 rings (SSSR count). The molecule has 130 valence electrons. The lowest BCUT2D eigenvalue weighted by Gasteiger charge is -2.25. The highest BCUT2D eigenvalue weighted by molar-refractivity contribution is 5.97. The van der Waals surface area contributed by atoms with Gasteiger partial charge in [-0.3, -0.25) is 9.59 Å². The fraction of sp³-hybridized carbons (Fsp3) is 0.294. The van der Waals surface area contributed by atoms with E-state index in [1.807, 2.05) is 0 Å². The summed E-state index contributed by atoms with van der Waals surface area (Å²) in [6.07, 6.45) is 0.638. The number of halogens is 1. The van der Waals surface area contributed by atoms with Crippen LogP contribution in [0.3, 0.4) is 0 Å². The number of hydrogen-bond donors (Lipinski definition) is 1. The van der Waals surface area contributed by atoms with Gasteiger partial charge in [-0.25, -0.2) is 18.7 Å². The molecule has 1 aromatic carbocycles. The van der Waals surface area contributed by atoms with Gasteiger partial charge in [0.2, 0.25) is 5.75 Å². The van der Waals surface area contributed by atoms with Crippen LogP contribution in [0.2, 0.25) is 0 Å². The van der Waals surface area contributed by atoms with Crippen molar-refractivity contribution in [3.63, 3.8) is 0 Å². The van der Waals surface area contributed by atoms with E-state index in [0.717, 1.165) is 10.1 Å². The molecule has 0 spiro atoms. The van der Waals surface area contributed by atoms with Crippen LogP contribution in [0, 0.1) is 5.82 Å². The van der Waals surface area contributed by atoms with Crippen LogP contribution in [-0.4, -0.2) is 45.0 Å². The number of carbonyl (C=O) groups is 2. The number of aromatic hydroxyl groups is 1. The van der Waals surface area contributed by atoms with Gasteiger partial charge in [0.15, 0.2) is 11.5 Å². The molecule has 1 aliphatic heterocycles. The van der Waals surface area contributed by atoms with Gasteiger partial charge in [-0.15, -0.1) is 0 Å². The average Bonchev–Trinajstić information content (AvgIpc) is 2.60. The van der Waals surface area contributed by atoms with E-state index in [-0.39, 0.29) is 23.8 Å². The predicted molar refractivity (Wildman–Crippen MR) is 86.3 cm³/mol. The Bertz CT molecular complexity index is 905. The molecule has 0 saturated heterocycles. The molecule has 0 radical (unpaired) electrons. The average molecular weight is 345 g/mol. The van der Waals surface area contributed by atoms with E-state index < -0.39 is 23.1 Å². The molecule has 1 amide bonds. The predicted octanol–water partition coefficient (Wildman–Crippen LogP) is 1.36. The fourth-order valence-electron chi connectivity index (χ4n) is 2.68. The van der Waals surface area contributed by atoms with Gasteiger partial charge >= 0.3 is 11.6 Å². The fourth-order valence-corrected chi connectivity index (χ4v) is 2.68. The standard InChI is InChI=1S/C17H16FN3O4/c1-20-9-8-13-19-14(15(23)16(24)21(13)17(20)25)12(22)7-4-10-2-5-11(18)6-3-10/h2-3,5-6,23H,4,7-9H2,1H3. The topological polar surface area (TPSA) is 92.5 Å². The molecule has 8 heteroatoms. The molecule has 0 unspecified atom stereocenters. The Hall–Kier alpha value is -3.03. The number of fused-ring (bicyclic) bond motifs is 1. The highest BCUT2D eigenvalue weighted by atomic mass is 19.1. The minimum absolute atomic E-state index is 0.00291. The zero-order valence-electron chi connectivity index (χ0n) is 13.5. The van der Waals surface area contributed by atoms with Crippen molar-refractivity contribution >= 4 is 11.8 Å². The molecule has 2 heterocycles. The maximum atomic E-state index is 12.9. The second-order valence-electron chi connectivity index (χ2n) is 5.87. The molecule has 7 nitrogen and oxygen atoms in total. The first kappa shape index (κ1) is 16.8. The quantitative estimate of drug-likeness (QED) is 0.845. The first-order chi connectivity index (χ1) is 11.9. The zero-order valence-corrected chi connectivity index (χ0v) is 13.5. The number of rotatable bonds is 4. The number of amides is 1. The van der Waals surface area contributed by atoms with Crippen LogP contribution in [0.5, 0.6) is 5.75 Å². The molecule has 1 aliphatic rings. The Labute approximate surface area is 142 Å². The number of carbonyl (C=O) groups excluding carboxylic acids is 2. The van der Waals surface area contributed by atoms with Crippen molar-refractivity contribution in [2.75, 3.05) is 13.6 Å². The van der Waals surface area contributed by atoms with Crippen molar-refractivity contribution in [2.45, 2.75) is 19.3 Å². The van der Waals surface area contributed by atoms with E-state index in [0.29, 0.717) is 19.4 Å². The number of ketones is 1. The van der Waals surface area contributed by atoms with Crippen LogP contribution < -0.4 is 5.56 Å². The number of benzene rings is 1. The highest BCUT2D eigenvalue weighted by Crippen LogP contribution is 2.17. The van der Waals surface area contributed by atoms with Crippen LogP contribution in [-0.2, 0) is 12.8 Å². The SMILES string of the molecule is CN1CCc2nc(C(=O)CCc3ccc(F)cc3)c(O)c(=O)n2C1=O. The lowest BCUT2D eigenvalue weighted by Crippen LogP contribution is -2.45. The summed E-state index contributed by atoms with van der Waals surface area (Å²) in [6, 6.07) is 5.13. The summed E-state index contributed by atoms with van der Waals surface area (Å²) in [7, 11) is 1.54. The van der Waals surface area contributed by atoms with E-state index in [1.54, 1.807) is 12.1 Å². The maximum absolute atomic E-state index is 12.9. The Kier molecular flexibility index (Phi) is 4.35. The molecule has 0 saturated carbocycles. The number of Topliss-reactive ketones (excluding diaryl/α,β-unsaturated/α-hetero) is 1. The number of hydrogen-bond acceptors (Lipinski definition) is 5. The molecule has 25 heavy (non-hydrogen) atoms. The van der Waals surface area contributed by atoms with Crippen molar-refractivity contribution in [1.29, 1.82) is 0 Å². The van der Waals surface area contributed by atoms with Crippen molar-refractivity contribution in [2.24, 2.45) is 0 Å². The molecule has 1 aromatic heterocycles. The summed E-state index contributed by atoms with van der Waals surface area (Å²) in [4.78, 5) is 42.0. The molecular formula is C17H16FN3O4. The largest absolute Gasteiger partial charge is 0.501 e. The summed E-state index contributed by atoms with van der Waals surface area (Å²) >= 11 is 0. The maximum Gasteiger partial charge on any atom is 0.332 e. The third kappa shape index (κ3) is 3.15. The van der Waals surface area contributed by atoms with E-state index in [1.165, 1.54) is 24.1 Å². The Morgan fingerprint density at radius 1 is 1.28 bits per heavy atom. The number of aryl methyl sites for hydroxylation is 1. The molecular weight excluding hydrogens is 329 g/mol.